The van der Waals surface area contributed by atoms with Crippen molar-refractivity contribution in [3.8, 4) is 0 Å². The number of halogens is 1. The van der Waals surface area contributed by atoms with Crippen LogP contribution in [0.2, 0.25) is 0 Å². The molecule has 0 aliphatic rings. The Labute approximate surface area is 153 Å². The van der Waals surface area contributed by atoms with Gasteiger partial charge in [0.25, 0.3) is 11.8 Å². The number of nitrogens with zero attached hydrogens (tertiary/aromatic N) is 1. The molecule has 0 aliphatic carbocycles. The molecule has 7 heteroatoms. The zero-order valence-corrected chi connectivity index (χ0v) is 14.3. The molecule has 5 nitrogen and oxygen atoms in total. The summed E-state index contributed by atoms with van der Waals surface area (Å²) in [6, 6.07) is 12.4. The fourth-order valence-electron chi connectivity index (χ4n) is 2.14. The van der Waals surface area contributed by atoms with Crippen LogP contribution < -0.4 is 10.6 Å². The summed E-state index contributed by atoms with van der Waals surface area (Å²) < 4.78 is 13.3. The van der Waals surface area contributed by atoms with E-state index in [1.807, 2.05) is 0 Å². The van der Waals surface area contributed by atoms with Crippen molar-refractivity contribution < 1.29 is 14.0 Å². The van der Waals surface area contributed by atoms with Gasteiger partial charge in [-0.3, -0.25) is 14.6 Å². The highest BCUT2D eigenvalue weighted by Gasteiger charge is 2.15. The minimum Gasteiger partial charge on any atom is -0.321 e. The van der Waals surface area contributed by atoms with E-state index in [1.165, 1.54) is 35.6 Å². The lowest BCUT2D eigenvalue weighted by molar-refractivity contribution is -0.113. The molecule has 0 fully saturated rings. The smallest absolute Gasteiger partial charge is 0.272 e. The standard InChI is InChI=1S/C19H14FN3O2S/c20-14-5-1-6-15(11-14)22-18(24)16(10-13-4-2-8-21-12-13)23-19(25)17-7-3-9-26-17/h1-12H,(H,22,24)(H,23,25)/b16-10-. The fraction of sp³-hybridized carbons (Fsp3) is 0. The molecule has 0 spiro atoms. The number of pyridine rings is 1. The molecule has 0 unspecified atom stereocenters. The molecule has 0 bridgehead atoms. The number of nitrogens with one attached hydrogen (secondary N) is 2. The molecular weight excluding hydrogens is 353 g/mol. The van der Waals surface area contributed by atoms with Gasteiger partial charge in [0.1, 0.15) is 11.5 Å². The van der Waals surface area contributed by atoms with Crippen molar-refractivity contribution >= 4 is 34.9 Å². The largest absolute Gasteiger partial charge is 0.321 e. The highest BCUT2D eigenvalue weighted by atomic mass is 32.1. The van der Waals surface area contributed by atoms with Crippen molar-refractivity contribution in [1.29, 1.82) is 0 Å². The summed E-state index contributed by atoms with van der Waals surface area (Å²) in [6.07, 6.45) is 4.67. The van der Waals surface area contributed by atoms with Crippen LogP contribution in [0.4, 0.5) is 10.1 Å². The maximum Gasteiger partial charge on any atom is 0.272 e. The van der Waals surface area contributed by atoms with Gasteiger partial charge in [0, 0.05) is 18.1 Å². The molecule has 2 amide bonds. The molecule has 26 heavy (non-hydrogen) atoms. The number of benzene rings is 1. The summed E-state index contributed by atoms with van der Waals surface area (Å²) in [6.45, 7) is 0. The first kappa shape index (κ1) is 17.5. The number of thiophene rings is 1. The number of aromatic nitrogens is 1. The average Bonchev–Trinajstić information content (AvgIpc) is 3.17. The molecule has 0 saturated heterocycles. The van der Waals surface area contributed by atoms with Crippen molar-refractivity contribution in [2.24, 2.45) is 0 Å². The van der Waals surface area contributed by atoms with Gasteiger partial charge in [0.2, 0.25) is 0 Å². The summed E-state index contributed by atoms with van der Waals surface area (Å²) in [5, 5.41) is 6.95. The number of carbonyl (C=O) groups is 2. The summed E-state index contributed by atoms with van der Waals surface area (Å²) in [5.74, 6) is -1.43. The minimum absolute atomic E-state index is 0.0284. The molecule has 130 valence electrons. The lowest BCUT2D eigenvalue weighted by Gasteiger charge is -2.10. The van der Waals surface area contributed by atoms with Gasteiger partial charge in [-0.05, 0) is 47.4 Å². The Bertz CT molecular complexity index is 940. The molecule has 3 aromatic rings. The Morgan fingerprint density at radius 1 is 1.12 bits per heavy atom. The molecule has 1 aromatic carbocycles. The maximum absolute atomic E-state index is 13.3. The van der Waals surface area contributed by atoms with Crippen LogP contribution in [0, 0.1) is 5.82 Å². The lowest BCUT2D eigenvalue weighted by atomic mass is 10.2. The van der Waals surface area contributed by atoms with E-state index >= 15 is 0 Å². The first-order valence-corrected chi connectivity index (χ1v) is 8.53. The monoisotopic (exact) mass is 367 g/mol. The SMILES string of the molecule is O=C(Nc1cccc(F)c1)/C(=C/c1cccnc1)NC(=O)c1cccs1. The van der Waals surface area contributed by atoms with Gasteiger partial charge in [-0.15, -0.1) is 11.3 Å². The molecular formula is C19H14FN3O2S. The van der Waals surface area contributed by atoms with Crippen molar-refractivity contribution in [3.63, 3.8) is 0 Å². The van der Waals surface area contributed by atoms with Crippen LogP contribution in [0.15, 0.2) is 72.0 Å². The Hall–Kier alpha value is -3.32. The van der Waals surface area contributed by atoms with E-state index in [9.17, 15) is 14.0 Å². The second kappa shape index (κ2) is 8.17. The zero-order valence-electron chi connectivity index (χ0n) is 13.5. The first-order valence-electron chi connectivity index (χ1n) is 7.65. The number of anilines is 1. The summed E-state index contributed by atoms with van der Waals surface area (Å²) in [4.78, 5) is 29.4. The number of carbonyl (C=O) groups excluding carboxylic acids is 2. The van der Waals surface area contributed by atoms with E-state index in [4.69, 9.17) is 0 Å². The van der Waals surface area contributed by atoms with Crippen LogP contribution in [-0.2, 0) is 4.79 Å². The summed E-state index contributed by atoms with van der Waals surface area (Å²) in [5.41, 5.74) is 0.960. The number of hydrogen-bond acceptors (Lipinski definition) is 4. The van der Waals surface area contributed by atoms with Crippen LogP contribution in [0.3, 0.4) is 0 Å². The molecule has 0 radical (unpaired) electrons. The Kier molecular flexibility index (Phi) is 5.50. The second-order valence-electron chi connectivity index (χ2n) is 5.24. The molecule has 2 N–H and O–H groups in total. The van der Waals surface area contributed by atoms with Gasteiger partial charge < -0.3 is 10.6 Å². The van der Waals surface area contributed by atoms with Crippen LogP contribution in [-0.4, -0.2) is 16.8 Å². The predicted octanol–water partition coefficient (Wildman–Crippen LogP) is 3.69. The van der Waals surface area contributed by atoms with E-state index in [1.54, 1.807) is 48.1 Å². The van der Waals surface area contributed by atoms with Gasteiger partial charge in [0.05, 0.1) is 4.88 Å². The molecule has 0 atom stereocenters. The van der Waals surface area contributed by atoms with Crippen LogP contribution >= 0.6 is 11.3 Å². The van der Waals surface area contributed by atoms with Crippen LogP contribution in [0.25, 0.3) is 6.08 Å². The van der Waals surface area contributed by atoms with Crippen LogP contribution in [0.5, 0.6) is 0 Å². The van der Waals surface area contributed by atoms with Gasteiger partial charge in [-0.1, -0.05) is 18.2 Å². The Balaban J connectivity index is 1.85. The summed E-state index contributed by atoms with van der Waals surface area (Å²) >= 11 is 1.26. The van der Waals surface area contributed by atoms with E-state index in [0.29, 0.717) is 10.4 Å². The van der Waals surface area contributed by atoms with Crippen molar-refractivity contribution in [2.75, 3.05) is 5.32 Å². The van der Waals surface area contributed by atoms with Crippen LogP contribution in [0.1, 0.15) is 15.2 Å². The molecule has 2 aromatic heterocycles. The molecule has 2 heterocycles. The Morgan fingerprint density at radius 3 is 2.69 bits per heavy atom. The van der Waals surface area contributed by atoms with Crippen molar-refractivity contribution in [3.05, 3.63) is 88.3 Å². The quantitative estimate of drug-likeness (QED) is 0.676. The average molecular weight is 367 g/mol. The topological polar surface area (TPSA) is 71.1 Å². The predicted molar refractivity (Wildman–Crippen MR) is 99.0 cm³/mol. The zero-order chi connectivity index (χ0) is 18.4. The highest BCUT2D eigenvalue weighted by molar-refractivity contribution is 7.12. The van der Waals surface area contributed by atoms with Crippen molar-refractivity contribution in [2.45, 2.75) is 0 Å². The fourth-order valence-corrected chi connectivity index (χ4v) is 2.76. The maximum atomic E-state index is 13.3. The van der Waals surface area contributed by atoms with E-state index in [-0.39, 0.29) is 11.4 Å². The molecule has 3 rings (SSSR count). The van der Waals surface area contributed by atoms with Crippen molar-refractivity contribution in [1.82, 2.24) is 10.3 Å². The third-order valence-corrected chi connectivity index (χ3v) is 4.18. The number of hydrogen-bond donors (Lipinski definition) is 2. The number of rotatable bonds is 5. The lowest BCUT2D eigenvalue weighted by Crippen LogP contribution is -2.30. The van der Waals surface area contributed by atoms with E-state index in [0.717, 1.165) is 0 Å². The van der Waals surface area contributed by atoms with E-state index < -0.39 is 17.6 Å². The second-order valence-corrected chi connectivity index (χ2v) is 6.19. The van der Waals surface area contributed by atoms with Gasteiger partial charge >= 0.3 is 0 Å². The minimum atomic E-state index is -0.565. The Morgan fingerprint density at radius 2 is 2.00 bits per heavy atom. The van der Waals surface area contributed by atoms with Gasteiger partial charge in [-0.25, -0.2) is 4.39 Å². The third kappa shape index (κ3) is 4.61. The highest BCUT2D eigenvalue weighted by Crippen LogP contribution is 2.13. The normalized spacial score (nSPS) is 11.0. The third-order valence-electron chi connectivity index (χ3n) is 3.32. The van der Waals surface area contributed by atoms with Gasteiger partial charge in [0.15, 0.2) is 0 Å². The summed E-state index contributed by atoms with van der Waals surface area (Å²) in [7, 11) is 0. The first-order chi connectivity index (χ1) is 12.6. The molecule has 0 aliphatic heterocycles. The molecule has 0 saturated carbocycles. The van der Waals surface area contributed by atoms with E-state index in [2.05, 4.69) is 15.6 Å². The number of amides is 2. The van der Waals surface area contributed by atoms with Gasteiger partial charge in [-0.2, -0.15) is 0 Å².